The Labute approximate surface area is 121 Å². The molecule has 2 heterocycles. The average molecular weight is 321 g/mol. The van der Waals surface area contributed by atoms with Gasteiger partial charge in [-0.15, -0.1) is 0 Å². The predicted molar refractivity (Wildman–Crippen MR) is 80.2 cm³/mol. The van der Waals surface area contributed by atoms with Gasteiger partial charge in [0.15, 0.2) is 0 Å². The molecule has 4 nitrogen and oxygen atoms in total. The van der Waals surface area contributed by atoms with Gasteiger partial charge in [0, 0.05) is 48.7 Å². The molecule has 1 aliphatic heterocycles. The van der Waals surface area contributed by atoms with Gasteiger partial charge in [0.2, 0.25) is 0 Å². The lowest BCUT2D eigenvalue weighted by Crippen LogP contribution is -2.46. The normalized spacial score (nSPS) is 16.8. The van der Waals surface area contributed by atoms with Gasteiger partial charge in [0.25, 0.3) is 0 Å². The fourth-order valence-electron chi connectivity index (χ4n) is 2.43. The molecule has 1 fully saturated rings. The van der Waals surface area contributed by atoms with Crippen molar-refractivity contribution in [2.24, 2.45) is 0 Å². The highest BCUT2D eigenvalue weighted by Crippen LogP contribution is 2.21. The van der Waals surface area contributed by atoms with E-state index in [-0.39, 0.29) is 0 Å². The Morgan fingerprint density at radius 1 is 1.21 bits per heavy atom. The van der Waals surface area contributed by atoms with Crippen LogP contribution in [0, 0.1) is 0 Å². The van der Waals surface area contributed by atoms with Gasteiger partial charge < -0.3 is 9.88 Å². The van der Waals surface area contributed by atoms with Crippen LogP contribution in [0.1, 0.15) is 5.82 Å². The van der Waals surface area contributed by atoms with Crippen LogP contribution in [-0.2, 0) is 6.54 Å². The van der Waals surface area contributed by atoms with E-state index in [9.17, 15) is 0 Å². The molecule has 0 amide bonds. The highest BCUT2D eigenvalue weighted by molar-refractivity contribution is 9.10. The molecule has 1 aromatic heterocycles. The second kappa shape index (κ2) is 5.75. The summed E-state index contributed by atoms with van der Waals surface area (Å²) in [5.74, 6) is 1.05. The summed E-state index contributed by atoms with van der Waals surface area (Å²) in [6.07, 6.45) is 3.69. The zero-order valence-corrected chi connectivity index (χ0v) is 12.3. The van der Waals surface area contributed by atoms with Crippen LogP contribution in [0.3, 0.4) is 0 Å². The van der Waals surface area contributed by atoms with Gasteiger partial charge >= 0.3 is 0 Å². The molecule has 0 radical (unpaired) electrons. The third-order valence-corrected chi connectivity index (χ3v) is 3.97. The summed E-state index contributed by atoms with van der Waals surface area (Å²) in [6, 6.07) is 8.51. The number of piperazine rings is 1. The number of rotatable bonds is 3. The van der Waals surface area contributed by atoms with Gasteiger partial charge in [-0.25, -0.2) is 4.98 Å². The summed E-state index contributed by atoms with van der Waals surface area (Å²) in [7, 11) is 0. The lowest BCUT2D eigenvalue weighted by atomic mass is 10.2. The van der Waals surface area contributed by atoms with Crippen LogP contribution in [0.2, 0.25) is 0 Å². The van der Waals surface area contributed by atoms with Crippen LogP contribution in [-0.4, -0.2) is 41.0 Å². The number of aromatic amines is 1. The first-order valence-electron chi connectivity index (χ1n) is 6.52. The fraction of sp³-hybridized carbons (Fsp3) is 0.357. The molecule has 5 heteroatoms. The van der Waals surface area contributed by atoms with E-state index >= 15 is 0 Å². The van der Waals surface area contributed by atoms with Crippen LogP contribution in [0.4, 0.5) is 5.69 Å². The standard InChI is InChI=1S/C14H17BrN4/c15-12-2-1-3-13(10-12)19-8-6-18(7-9-19)11-14-16-4-5-17-14/h1-5,10H,6-9,11H2,(H,16,17). The maximum Gasteiger partial charge on any atom is 0.120 e. The molecular weight excluding hydrogens is 304 g/mol. The van der Waals surface area contributed by atoms with E-state index in [4.69, 9.17) is 0 Å². The smallest absolute Gasteiger partial charge is 0.120 e. The van der Waals surface area contributed by atoms with Crippen LogP contribution >= 0.6 is 15.9 Å². The lowest BCUT2D eigenvalue weighted by molar-refractivity contribution is 0.244. The van der Waals surface area contributed by atoms with Gasteiger partial charge in [-0.05, 0) is 18.2 Å². The summed E-state index contributed by atoms with van der Waals surface area (Å²) in [4.78, 5) is 12.3. The minimum atomic E-state index is 0.916. The van der Waals surface area contributed by atoms with Crippen molar-refractivity contribution in [2.75, 3.05) is 31.1 Å². The molecule has 0 spiro atoms. The van der Waals surface area contributed by atoms with Crippen molar-refractivity contribution < 1.29 is 0 Å². The minimum absolute atomic E-state index is 0.916. The molecule has 0 atom stereocenters. The molecule has 1 saturated heterocycles. The van der Waals surface area contributed by atoms with E-state index in [1.54, 1.807) is 0 Å². The number of anilines is 1. The number of nitrogens with zero attached hydrogens (tertiary/aromatic N) is 3. The molecule has 1 aromatic carbocycles. The van der Waals surface area contributed by atoms with E-state index < -0.39 is 0 Å². The quantitative estimate of drug-likeness (QED) is 0.943. The summed E-state index contributed by atoms with van der Waals surface area (Å²) in [6.45, 7) is 5.20. The van der Waals surface area contributed by atoms with Crippen molar-refractivity contribution in [3.63, 3.8) is 0 Å². The molecule has 1 N–H and O–H groups in total. The van der Waals surface area contributed by atoms with Gasteiger partial charge in [0.1, 0.15) is 5.82 Å². The summed E-state index contributed by atoms with van der Waals surface area (Å²) in [5.41, 5.74) is 1.30. The second-order valence-electron chi connectivity index (χ2n) is 4.78. The van der Waals surface area contributed by atoms with Crippen LogP contribution in [0.15, 0.2) is 41.1 Å². The van der Waals surface area contributed by atoms with Crippen molar-refractivity contribution in [1.29, 1.82) is 0 Å². The molecule has 0 unspecified atom stereocenters. The minimum Gasteiger partial charge on any atom is -0.369 e. The lowest BCUT2D eigenvalue weighted by Gasteiger charge is -2.35. The van der Waals surface area contributed by atoms with Gasteiger partial charge in [0.05, 0.1) is 6.54 Å². The number of imidazole rings is 1. The van der Waals surface area contributed by atoms with E-state index in [1.165, 1.54) is 5.69 Å². The largest absolute Gasteiger partial charge is 0.369 e. The zero-order valence-electron chi connectivity index (χ0n) is 10.7. The van der Waals surface area contributed by atoms with Crippen LogP contribution in [0.25, 0.3) is 0 Å². The fourth-order valence-corrected chi connectivity index (χ4v) is 2.82. The first-order chi connectivity index (χ1) is 9.31. The van der Waals surface area contributed by atoms with E-state index in [0.29, 0.717) is 0 Å². The molecule has 1 aliphatic rings. The van der Waals surface area contributed by atoms with Crippen molar-refractivity contribution >= 4 is 21.6 Å². The number of H-pyrrole nitrogens is 1. The van der Waals surface area contributed by atoms with Gasteiger partial charge in [-0.2, -0.15) is 0 Å². The second-order valence-corrected chi connectivity index (χ2v) is 5.69. The first kappa shape index (κ1) is 12.7. The Hall–Kier alpha value is -1.33. The molecule has 100 valence electrons. The SMILES string of the molecule is Brc1cccc(N2CCN(Cc3ncc[nH]3)CC2)c1. The molecule has 0 aliphatic carbocycles. The number of halogens is 1. The molecule has 19 heavy (non-hydrogen) atoms. The Bertz CT molecular complexity index is 518. The van der Waals surface area contributed by atoms with E-state index in [1.807, 2.05) is 12.4 Å². The van der Waals surface area contributed by atoms with Crippen LogP contribution in [0.5, 0.6) is 0 Å². The summed E-state index contributed by atoms with van der Waals surface area (Å²) in [5, 5.41) is 0. The first-order valence-corrected chi connectivity index (χ1v) is 7.32. The van der Waals surface area contributed by atoms with E-state index in [2.05, 4.69) is 60.0 Å². The topological polar surface area (TPSA) is 35.2 Å². The highest BCUT2D eigenvalue weighted by Gasteiger charge is 2.17. The summed E-state index contributed by atoms with van der Waals surface area (Å²) < 4.78 is 1.14. The number of benzene rings is 1. The van der Waals surface area contributed by atoms with Crippen molar-refractivity contribution in [3.05, 3.63) is 47.0 Å². The number of aromatic nitrogens is 2. The number of nitrogens with one attached hydrogen (secondary N) is 1. The van der Waals surface area contributed by atoms with Gasteiger partial charge in [-0.3, -0.25) is 4.90 Å². The maximum absolute atomic E-state index is 4.28. The number of hydrogen-bond acceptors (Lipinski definition) is 3. The Morgan fingerprint density at radius 2 is 2.05 bits per heavy atom. The molecule has 0 bridgehead atoms. The maximum atomic E-state index is 4.28. The van der Waals surface area contributed by atoms with Crippen molar-refractivity contribution in [2.45, 2.75) is 6.54 Å². The van der Waals surface area contributed by atoms with Crippen LogP contribution < -0.4 is 4.90 Å². The molecule has 0 saturated carbocycles. The third-order valence-electron chi connectivity index (χ3n) is 3.47. The Morgan fingerprint density at radius 3 is 2.74 bits per heavy atom. The predicted octanol–water partition coefficient (Wildman–Crippen LogP) is 2.49. The Kier molecular flexibility index (Phi) is 3.84. The van der Waals surface area contributed by atoms with Crippen molar-refractivity contribution in [1.82, 2.24) is 14.9 Å². The van der Waals surface area contributed by atoms with Gasteiger partial charge in [-0.1, -0.05) is 22.0 Å². The highest BCUT2D eigenvalue weighted by atomic mass is 79.9. The summed E-state index contributed by atoms with van der Waals surface area (Å²) >= 11 is 3.53. The third kappa shape index (κ3) is 3.16. The van der Waals surface area contributed by atoms with Crippen molar-refractivity contribution in [3.8, 4) is 0 Å². The van der Waals surface area contributed by atoms with E-state index in [0.717, 1.165) is 43.0 Å². The molecule has 3 rings (SSSR count). The number of hydrogen-bond donors (Lipinski definition) is 1. The average Bonchev–Trinajstić information content (AvgIpc) is 2.92. The molecular formula is C14H17BrN4. The zero-order chi connectivity index (χ0) is 13.1. The Balaban J connectivity index is 1.57. The molecule has 2 aromatic rings. The monoisotopic (exact) mass is 320 g/mol.